The number of nitrogens with one attached hydrogen (secondary N) is 1. The molecule has 2 rings (SSSR count). The van der Waals surface area contributed by atoms with Crippen LogP contribution in [0.4, 0.5) is 14.5 Å². The fourth-order valence-electron chi connectivity index (χ4n) is 2.23. The molecule has 0 saturated carbocycles. The Morgan fingerprint density at radius 3 is 2.58 bits per heavy atom. The zero-order valence-electron chi connectivity index (χ0n) is 13.0. The van der Waals surface area contributed by atoms with E-state index in [1.165, 1.54) is 12.1 Å². The van der Waals surface area contributed by atoms with Gasteiger partial charge in [0.05, 0.1) is 5.69 Å². The highest BCUT2D eigenvalue weighted by Gasteiger charge is 2.16. The largest absolute Gasteiger partial charge is 0.433 e. The van der Waals surface area contributed by atoms with Gasteiger partial charge in [0.2, 0.25) is 0 Å². The number of hydrogen-bond acceptors (Lipinski definition) is 2. The first-order valence-electron chi connectivity index (χ1n) is 7.39. The van der Waals surface area contributed by atoms with Crippen LogP contribution in [0.2, 0.25) is 5.02 Å². The summed E-state index contributed by atoms with van der Waals surface area (Å²) in [5.41, 5.74) is 1.13. The number of amides is 1. The molecule has 0 spiro atoms. The smallest absolute Gasteiger partial charge is 0.387 e. The first kappa shape index (κ1) is 18.2. The molecule has 0 aliphatic heterocycles. The molecule has 0 aliphatic rings. The maximum atomic E-state index is 12.4. The number of ether oxygens (including phenoxy) is 1. The molecule has 1 amide bonds. The van der Waals surface area contributed by atoms with Crippen LogP contribution >= 0.6 is 11.6 Å². The summed E-state index contributed by atoms with van der Waals surface area (Å²) in [6, 6.07) is 13.5. The van der Waals surface area contributed by atoms with Crippen LogP contribution in [0.1, 0.15) is 18.5 Å². The Kier molecular flexibility index (Phi) is 6.52. The van der Waals surface area contributed by atoms with Gasteiger partial charge < -0.3 is 15.4 Å². The number of carbonyl (C=O) groups is 1. The van der Waals surface area contributed by atoms with Crippen molar-refractivity contribution in [3.63, 3.8) is 0 Å². The lowest BCUT2D eigenvalue weighted by Crippen LogP contribution is -2.86. The maximum Gasteiger partial charge on any atom is 0.387 e. The van der Waals surface area contributed by atoms with Crippen LogP contribution in [0.15, 0.2) is 48.5 Å². The van der Waals surface area contributed by atoms with Crippen molar-refractivity contribution in [2.24, 2.45) is 0 Å². The van der Waals surface area contributed by atoms with Crippen molar-refractivity contribution in [1.29, 1.82) is 0 Å². The quantitative estimate of drug-likeness (QED) is 0.801. The number of hydrogen-bond donors (Lipinski definition) is 2. The Morgan fingerprint density at radius 2 is 1.88 bits per heavy atom. The SMILES string of the molecule is C[C@H]([NH2+]CC(=O)Nc1ccccc1OC(F)F)c1ccccc1Cl. The van der Waals surface area contributed by atoms with Crippen molar-refractivity contribution in [3.8, 4) is 5.75 Å². The van der Waals surface area contributed by atoms with Gasteiger partial charge in [-0.3, -0.25) is 4.79 Å². The van der Waals surface area contributed by atoms with Crippen LogP contribution < -0.4 is 15.4 Å². The number of nitrogens with two attached hydrogens (primary N) is 1. The minimum atomic E-state index is -2.95. The fraction of sp³-hybridized carbons (Fsp3) is 0.235. The molecule has 24 heavy (non-hydrogen) atoms. The topological polar surface area (TPSA) is 54.9 Å². The third-order valence-electron chi connectivity index (χ3n) is 3.43. The molecule has 0 unspecified atom stereocenters. The number of quaternary nitrogens is 1. The molecule has 0 saturated heterocycles. The van der Waals surface area contributed by atoms with E-state index in [2.05, 4.69) is 10.1 Å². The van der Waals surface area contributed by atoms with E-state index in [9.17, 15) is 13.6 Å². The standard InChI is InChI=1S/C17H17ClF2N2O2/c1-11(12-6-2-3-7-13(12)18)21-10-16(23)22-14-8-4-5-9-15(14)24-17(19)20/h2-9,11,17,21H,10H2,1H3,(H,22,23)/p+1/t11-/m0/s1. The average molecular weight is 356 g/mol. The molecule has 2 aromatic rings. The van der Waals surface area contributed by atoms with Crippen LogP contribution in [0.5, 0.6) is 5.75 Å². The van der Waals surface area contributed by atoms with E-state index < -0.39 is 6.61 Å². The Labute approximate surface area is 143 Å². The van der Waals surface area contributed by atoms with Crippen LogP contribution in [0.25, 0.3) is 0 Å². The van der Waals surface area contributed by atoms with Gasteiger partial charge in [0, 0.05) is 10.6 Å². The minimum Gasteiger partial charge on any atom is -0.433 e. The average Bonchev–Trinajstić information content (AvgIpc) is 2.54. The van der Waals surface area contributed by atoms with Gasteiger partial charge in [-0.15, -0.1) is 0 Å². The highest BCUT2D eigenvalue weighted by atomic mass is 35.5. The van der Waals surface area contributed by atoms with Crippen molar-refractivity contribution in [1.82, 2.24) is 0 Å². The van der Waals surface area contributed by atoms with Gasteiger partial charge in [0.25, 0.3) is 5.91 Å². The zero-order chi connectivity index (χ0) is 17.5. The predicted molar refractivity (Wildman–Crippen MR) is 88.4 cm³/mol. The number of benzene rings is 2. The molecule has 0 aliphatic carbocycles. The molecule has 0 fully saturated rings. The molecule has 7 heteroatoms. The van der Waals surface area contributed by atoms with E-state index >= 15 is 0 Å². The van der Waals surface area contributed by atoms with Crippen molar-refractivity contribution in [2.75, 3.05) is 11.9 Å². The minimum absolute atomic E-state index is 0.0167. The van der Waals surface area contributed by atoms with E-state index in [-0.39, 0.29) is 29.9 Å². The Bertz CT molecular complexity index is 698. The lowest BCUT2D eigenvalue weighted by atomic mass is 10.1. The van der Waals surface area contributed by atoms with Crippen LogP contribution in [0, 0.1) is 0 Å². The molecule has 0 aromatic heterocycles. The summed E-state index contributed by atoms with van der Waals surface area (Å²) in [6.07, 6.45) is 0. The first-order valence-corrected chi connectivity index (χ1v) is 7.76. The van der Waals surface area contributed by atoms with Gasteiger partial charge in [0.1, 0.15) is 11.8 Å². The molecule has 1 atom stereocenters. The number of anilines is 1. The second-order valence-electron chi connectivity index (χ2n) is 5.17. The molecule has 2 aromatic carbocycles. The first-order chi connectivity index (χ1) is 11.5. The summed E-state index contributed by atoms with van der Waals surface area (Å²) in [7, 11) is 0. The van der Waals surface area contributed by atoms with Gasteiger partial charge in [-0.2, -0.15) is 8.78 Å². The van der Waals surface area contributed by atoms with Crippen LogP contribution in [-0.4, -0.2) is 19.1 Å². The molecule has 4 nitrogen and oxygen atoms in total. The summed E-state index contributed by atoms with van der Waals surface area (Å²) >= 11 is 6.13. The van der Waals surface area contributed by atoms with Crippen molar-refractivity contribution < 1.29 is 23.6 Å². The van der Waals surface area contributed by atoms with Crippen molar-refractivity contribution >= 4 is 23.2 Å². The highest BCUT2D eigenvalue weighted by molar-refractivity contribution is 6.31. The van der Waals surface area contributed by atoms with Crippen LogP contribution in [-0.2, 0) is 4.79 Å². The van der Waals surface area contributed by atoms with Crippen molar-refractivity contribution in [3.05, 3.63) is 59.1 Å². The summed E-state index contributed by atoms with van der Waals surface area (Å²) in [5, 5.41) is 5.02. The summed E-state index contributed by atoms with van der Waals surface area (Å²) in [6.45, 7) is -0.896. The highest BCUT2D eigenvalue weighted by Crippen LogP contribution is 2.25. The predicted octanol–water partition coefficient (Wildman–Crippen LogP) is 3.20. The molecule has 128 valence electrons. The summed E-state index contributed by atoms with van der Waals surface area (Å²) in [5.74, 6) is -0.390. The van der Waals surface area contributed by atoms with Gasteiger partial charge in [-0.25, -0.2) is 0 Å². The molecule has 0 bridgehead atoms. The molecule has 0 radical (unpaired) electrons. The van der Waals surface area contributed by atoms with Gasteiger partial charge in [0.15, 0.2) is 6.54 Å². The number of rotatable bonds is 7. The second-order valence-corrected chi connectivity index (χ2v) is 5.58. The number of halogens is 3. The fourth-order valence-corrected chi connectivity index (χ4v) is 2.53. The molecular formula is C17H18ClF2N2O2+. The number of carbonyl (C=O) groups excluding carboxylic acids is 1. The van der Waals surface area contributed by atoms with E-state index in [1.54, 1.807) is 18.2 Å². The number of para-hydroxylation sites is 2. The zero-order valence-corrected chi connectivity index (χ0v) is 13.8. The van der Waals surface area contributed by atoms with E-state index in [4.69, 9.17) is 11.6 Å². The normalized spacial score (nSPS) is 12.0. The van der Waals surface area contributed by atoms with E-state index in [0.717, 1.165) is 5.56 Å². The summed E-state index contributed by atoms with van der Waals surface area (Å²) in [4.78, 5) is 12.1. The van der Waals surface area contributed by atoms with Gasteiger partial charge in [-0.1, -0.05) is 41.9 Å². The Hall–Kier alpha value is -2.18. The Balaban J connectivity index is 1.93. The number of alkyl halides is 2. The maximum absolute atomic E-state index is 12.4. The molecular weight excluding hydrogens is 338 g/mol. The lowest BCUT2D eigenvalue weighted by molar-refractivity contribution is -0.682. The van der Waals surface area contributed by atoms with Crippen molar-refractivity contribution in [2.45, 2.75) is 19.6 Å². The molecule has 0 heterocycles. The Morgan fingerprint density at radius 1 is 1.21 bits per heavy atom. The monoisotopic (exact) mass is 355 g/mol. The third kappa shape index (κ3) is 5.18. The third-order valence-corrected chi connectivity index (χ3v) is 3.77. The van der Waals surface area contributed by atoms with E-state index in [0.29, 0.717) is 5.02 Å². The summed E-state index contributed by atoms with van der Waals surface area (Å²) < 4.78 is 29.1. The van der Waals surface area contributed by atoms with Gasteiger partial charge >= 0.3 is 6.61 Å². The molecule has 3 N–H and O–H groups in total. The lowest BCUT2D eigenvalue weighted by Gasteiger charge is -2.14. The van der Waals surface area contributed by atoms with Gasteiger partial charge in [-0.05, 0) is 25.1 Å². The van der Waals surface area contributed by atoms with Crippen LogP contribution in [0.3, 0.4) is 0 Å². The van der Waals surface area contributed by atoms with E-state index in [1.807, 2.05) is 30.4 Å². The second kappa shape index (κ2) is 8.61.